The molecule has 3 heterocycles. The number of nitrogens with one attached hydrogen (secondary N) is 2. The van der Waals surface area contributed by atoms with Gasteiger partial charge < -0.3 is 29.9 Å². The quantitative estimate of drug-likeness (QED) is 0.563. The number of para-hydroxylation sites is 1. The molecule has 3 aromatic rings. The monoisotopic (exact) mass is 448 g/mol. The summed E-state index contributed by atoms with van der Waals surface area (Å²) in [4.78, 5) is 44.5. The van der Waals surface area contributed by atoms with Gasteiger partial charge >= 0.3 is 0 Å². The fourth-order valence-electron chi connectivity index (χ4n) is 4.43. The molecular weight excluding hydrogens is 424 g/mol. The van der Waals surface area contributed by atoms with Crippen molar-refractivity contribution in [2.24, 2.45) is 0 Å². The number of hydrogen-bond acceptors (Lipinski definition) is 5. The van der Waals surface area contributed by atoms with Crippen molar-refractivity contribution in [3.8, 4) is 0 Å². The molecule has 0 saturated carbocycles. The van der Waals surface area contributed by atoms with E-state index in [0.29, 0.717) is 24.4 Å². The van der Waals surface area contributed by atoms with E-state index in [1.807, 2.05) is 24.3 Å². The number of likely N-dealkylation sites (tertiary alicyclic amines) is 1. The molecule has 2 aliphatic heterocycles. The number of ether oxygens (including phenoxy) is 1. The number of aliphatic hydroxyl groups is 1. The van der Waals surface area contributed by atoms with Crippen molar-refractivity contribution in [2.75, 3.05) is 36.5 Å². The van der Waals surface area contributed by atoms with Crippen LogP contribution in [0.1, 0.15) is 16.8 Å². The number of aromatic amines is 1. The van der Waals surface area contributed by atoms with Crippen LogP contribution in [0.2, 0.25) is 0 Å². The summed E-state index contributed by atoms with van der Waals surface area (Å²) in [7, 11) is 0. The van der Waals surface area contributed by atoms with Gasteiger partial charge in [-0.1, -0.05) is 18.2 Å². The molecule has 33 heavy (non-hydrogen) atoms. The maximum absolute atomic E-state index is 13.3. The summed E-state index contributed by atoms with van der Waals surface area (Å²) in [6.45, 7) is 1.11. The Morgan fingerprint density at radius 3 is 2.70 bits per heavy atom. The van der Waals surface area contributed by atoms with Crippen LogP contribution in [0.25, 0.3) is 10.9 Å². The number of morpholine rings is 1. The van der Waals surface area contributed by atoms with E-state index >= 15 is 0 Å². The number of amides is 3. The number of carbonyl (C=O) groups excluding carboxylic acids is 3. The molecule has 3 N–H and O–H groups in total. The molecule has 9 nitrogen and oxygen atoms in total. The topological polar surface area (TPSA) is 115 Å². The van der Waals surface area contributed by atoms with Gasteiger partial charge in [-0.2, -0.15) is 0 Å². The van der Waals surface area contributed by atoms with Gasteiger partial charge in [0, 0.05) is 48.0 Å². The Balaban J connectivity index is 1.31. The maximum Gasteiger partial charge on any atom is 0.256 e. The highest BCUT2D eigenvalue weighted by Crippen LogP contribution is 2.26. The fourth-order valence-corrected chi connectivity index (χ4v) is 4.43. The van der Waals surface area contributed by atoms with Gasteiger partial charge in [-0.3, -0.25) is 14.4 Å². The van der Waals surface area contributed by atoms with E-state index in [4.69, 9.17) is 4.74 Å². The van der Waals surface area contributed by atoms with Crippen LogP contribution < -0.4 is 10.2 Å². The second kappa shape index (κ2) is 8.68. The van der Waals surface area contributed by atoms with E-state index in [-0.39, 0.29) is 37.3 Å². The van der Waals surface area contributed by atoms with Crippen LogP contribution in [-0.2, 0) is 14.3 Å². The summed E-state index contributed by atoms with van der Waals surface area (Å²) in [5.41, 5.74) is 2.58. The number of H-pyrrole nitrogens is 1. The number of rotatable bonds is 4. The summed E-state index contributed by atoms with van der Waals surface area (Å²) in [6.07, 6.45) is 1.03. The average molecular weight is 448 g/mol. The second-order valence-corrected chi connectivity index (χ2v) is 8.24. The lowest BCUT2D eigenvalue weighted by molar-refractivity contribution is -0.125. The van der Waals surface area contributed by atoms with Gasteiger partial charge in [0.1, 0.15) is 12.6 Å². The Morgan fingerprint density at radius 2 is 1.91 bits per heavy atom. The van der Waals surface area contributed by atoms with Crippen LogP contribution in [0.3, 0.4) is 0 Å². The summed E-state index contributed by atoms with van der Waals surface area (Å²) in [5, 5.41) is 13.8. The minimum absolute atomic E-state index is 0.0583. The first kappa shape index (κ1) is 21.2. The average Bonchev–Trinajstić information content (AvgIpc) is 3.43. The number of aliphatic hydroxyl groups excluding tert-OH is 1. The number of aromatic nitrogens is 1. The minimum Gasteiger partial charge on any atom is -0.391 e. The molecule has 2 atom stereocenters. The summed E-state index contributed by atoms with van der Waals surface area (Å²) in [6, 6.07) is 13.6. The largest absolute Gasteiger partial charge is 0.391 e. The van der Waals surface area contributed by atoms with Crippen molar-refractivity contribution in [1.29, 1.82) is 0 Å². The lowest BCUT2D eigenvalue weighted by Crippen LogP contribution is -2.43. The number of carbonyl (C=O) groups is 3. The molecule has 0 spiro atoms. The number of fused-ring (bicyclic) bond motifs is 1. The zero-order valence-electron chi connectivity index (χ0n) is 17.9. The first-order valence-electron chi connectivity index (χ1n) is 10.9. The maximum atomic E-state index is 13.3. The van der Waals surface area contributed by atoms with Crippen LogP contribution in [-0.4, -0.2) is 71.2 Å². The van der Waals surface area contributed by atoms with Crippen LogP contribution in [0.15, 0.2) is 54.7 Å². The second-order valence-electron chi connectivity index (χ2n) is 8.24. The van der Waals surface area contributed by atoms with Crippen molar-refractivity contribution < 1.29 is 24.2 Å². The number of benzene rings is 2. The van der Waals surface area contributed by atoms with E-state index in [1.165, 1.54) is 4.90 Å². The molecule has 9 heteroatoms. The van der Waals surface area contributed by atoms with Gasteiger partial charge in [0.25, 0.3) is 11.8 Å². The Morgan fingerprint density at radius 1 is 1.12 bits per heavy atom. The van der Waals surface area contributed by atoms with Gasteiger partial charge in [-0.25, -0.2) is 0 Å². The number of hydrogen-bond donors (Lipinski definition) is 3. The third kappa shape index (κ3) is 4.08. The normalized spacial score (nSPS) is 20.9. The minimum atomic E-state index is -0.790. The predicted octanol–water partition coefficient (Wildman–Crippen LogP) is 1.75. The highest BCUT2D eigenvalue weighted by Gasteiger charge is 2.39. The lowest BCUT2D eigenvalue weighted by atomic mass is 10.1. The lowest BCUT2D eigenvalue weighted by Gasteiger charge is -2.27. The number of β-amino-alcohol motifs (C(OH)–C–C–N with tert-alkyl or cyclic N) is 1. The molecular formula is C24H24N4O5. The van der Waals surface area contributed by atoms with Crippen molar-refractivity contribution >= 4 is 40.0 Å². The summed E-state index contributed by atoms with van der Waals surface area (Å²) in [5.74, 6) is -0.773. The first-order chi connectivity index (χ1) is 16.0. The van der Waals surface area contributed by atoms with Crippen LogP contribution >= 0.6 is 0 Å². The SMILES string of the molecule is O=C(Nc1ccc(N2CCOCC2=O)cc1)[C@H]1C[C@@H](O)CN1C(=O)c1c[nH]c2ccccc12. The van der Waals surface area contributed by atoms with Gasteiger partial charge in [0.2, 0.25) is 5.91 Å². The fraction of sp³-hybridized carbons (Fsp3) is 0.292. The molecule has 2 aliphatic rings. The van der Waals surface area contributed by atoms with E-state index in [2.05, 4.69) is 10.3 Å². The third-order valence-electron chi connectivity index (χ3n) is 6.09. The third-order valence-corrected chi connectivity index (χ3v) is 6.09. The van der Waals surface area contributed by atoms with Gasteiger partial charge in [-0.15, -0.1) is 0 Å². The predicted molar refractivity (Wildman–Crippen MR) is 122 cm³/mol. The van der Waals surface area contributed by atoms with Gasteiger partial charge in [0.15, 0.2) is 0 Å². The molecule has 2 aromatic carbocycles. The highest BCUT2D eigenvalue weighted by molar-refractivity contribution is 6.09. The van der Waals surface area contributed by atoms with E-state index in [0.717, 1.165) is 16.6 Å². The van der Waals surface area contributed by atoms with Crippen LogP contribution in [0.4, 0.5) is 11.4 Å². The molecule has 0 bridgehead atoms. The van der Waals surface area contributed by atoms with Crippen LogP contribution in [0, 0.1) is 0 Å². The van der Waals surface area contributed by atoms with Crippen molar-refractivity contribution in [1.82, 2.24) is 9.88 Å². The Kier molecular flexibility index (Phi) is 5.57. The Labute approximate surface area is 189 Å². The van der Waals surface area contributed by atoms with Gasteiger partial charge in [0.05, 0.1) is 18.3 Å². The van der Waals surface area contributed by atoms with Crippen LogP contribution in [0.5, 0.6) is 0 Å². The van der Waals surface area contributed by atoms with Crippen molar-refractivity contribution in [2.45, 2.75) is 18.6 Å². The molecule has 2 saturated heterocycles. The molecule has 1 aromatic heterocycles. The summed E-state index contributed by atoms with van der Waals surface area (Å²) < 4.78 is 5.15. The molecule has 3 amide bonds. The zero-order valence-corrected chi connectivity index (χ0v) is 17.9. The van der Waals surface area contributed by atoms with Gasteiger partial charge in [-0.05, 0) is 30.3 Å². The standard InChI is InChI=1S/C24H24N4O5/c29-17-11-21(28(13-17)24(32)19-12-25-20-4-2-1-3-18(19)20)23(31)26-15-5-7-16(8-6-15)27-9-10-33-14-22(27)30/h1-8,12,17,21,25,29H,9-11,13-14H2,(H,26,31)/t17-,21-/m1/s1. The zero-order chi connectivity index (χ0) is 22.9. The van der Waals surface area contributed by atoms with E-state index in [9.17, 15) is 19.5 Å². The number of nitrogens with zero attached hydrogens (tertiary/aromatic N) is 2. The van der Waals surface area contributed by atoms with E-state index in [1.54, 1.807) is 35.4 Å². The smallest absolute Gasteiger partial charge is 0.256 e. The molecule has 0 unspecified atom stereocenters. The Bertz CT molecular complexity index is 1210. The highest BCUT2D eigenvalue weighted by atomic mass is 16.5. The molecule has 170 valence electrons. The molecule has 0 radical (unpaired) electrons. The van der Waals surface area contributed by atoms with Crippen molar-refractivity contribution in [3.63, 3.8) is 0 Å². The Hall–Kier alpha value is -3.69. The summed E-state index contributed by atoms with van der Waals surface area (Å²) >= 11 is 0. The molecule has 0 aliphatic carbocycles. The van der Waals surface area contributed by atoms with E-state index < -0.39 is 12.1 Å². The van der Waals surface area contributed by atoms with Crippen molar-refractivity contribution in [3.05, 3.63) is 60.3 Å². The molecule has 5 rings (SSSR count). The molecule has 2 fully saturated rings. The number of anilines is 2. The first-order valence-corrected chi connectivity index (χ1v) is 10.9.